The van der Waals surface area contributed by atoms with Crippen molar-refractivity contribution < 1.29 is 13.5 Å². The maximum Gasteiger partial charge on any atom is 0.144 e. The molecule has 1 aliphatic rings. The van der Waals surface area contributed by atoms with Gasteiger partial charge in [-0.15, -0.1) is 0 Å². The van der Waals surface area contributed by atoms with E-state index in [9.17, 15) is 8.78 Å². The second-order valence-corrected chi connectivity index (χ2v) is 4.94. The predicted molar refractivity (Wildman–Crippen MR) is 64.7 cm³/mol. The molecule has 1 aliphatic heterocycles. The lowest BCUT2D eigenvalue weighted by molar-refractivity contribution is 0.110. The Bertz CT molecular complexity index is 394. The highest BCUT2D eigenvalue weighted by Gasteiger charge is 2.16. The highest BCUT2D eigenvalue weighted by molar-refractivity contribution is 9.10. The van der Waals surface area contributed by atoms with Gasteiger partial charge in [0.25, 0.3) is 0 Å². The fraction of sp³-hybridized carbons (Fsp3) is 0.500. The lowest BCUT2D eigenvalue weighted by Crippen LogP contribution is -2.26. The van der Waals surface area contributed by atoms with Gasteiger partial charge in [0.05, 0.1) is 10.6 Å². The van der Waals surface area contributed by atoms with Gasteiger partial charge < -0.3 is 10.1 Å². The van der Waals surface area contributed by atoms with Crippen molar-refractivity contribution in [3.63, 3.8) is 0 Å². The molecular weight excluding hydrogens is 292 g/mol. The van der Waals surface area contributed by atoms with E-state index >= 15 is 0 Å². The molecule has 1 atom stereocenters. The topological polar surface area (TPSA) is 21.3 Å². The van der Waals surface area contributed by atoms with E-state index in [0.717, 1.165) is 19.4 Å². The first-order valence-electron chi connectivity index (χ1n) is 5.63. The van der Waals surface area contributed by atoms with Gasteiger partial charge in [-0.05, 0) is 40.9 Å². The zero-order valence-corrected chi connectivity index (χ0v) is 10.9. The molecule has 0 aromatic heterocycles. The van der Waals surface area contributed by atoms with Gasteiger partial charge in [0, 0.05) is 25.3 Å². The molecule has 1 aromatic rings. The second-order valence-electron chi connectivity index (χ2n) is 4.09. The summed E-state index contributed by atoms with van der Waals surface area (Å²) in [6.07, 6.45) is 2.25. The number of ether oxygens (including phenoxy) is 1. The van der Waals surface area contributed by atoms with Crippen LogP contribution in [0.3, 0.4) is 0 Å². The van der Waals surface area contributed by atoms with E-state index in [1.807, 2.05) is 0 Å². The van der Waals surface area contributed by atoms with Crippen LogP contribution in [0.25, 0.3) is 0 Å². The molecule has 5 heteroatoms. The van der Waals surface area contributed by atoms with E-state index in [1.165, 1.54) is 12.1 Å². The van der Waals surface area contributed by atoms with Crippen LogP contribution in [-0.4, -0.2) is 19.3 Å². The van der Waals surface area contributed by atoms with Gasteiger partial charge in [0.15, 0.2) is 0 Å². The van der Waals surface area contributed by atoms with Crippen molar-refractivity contribution in [1.29, 1.82) is 0 Å². The lowest BCUT2D eigenvalue weighted by atomic mass is 10.2. The Hall–Kier alpha value is -0.520. The molecule has 0 spiro atoms. The first kappa shape index (κ1) is 12.9. The normalized spacial score (nSPS) is 19.8. The first-order valence-corrected chi connectivity index (χ1v) is 6.42. The summed E-state index contributed by atoms with van der Waals surface area (Å²) in [5.41, 5.74) is 0.0670. The molecule has 0 radical (unpaired) electrons. The summed E-state index contributed by atoms with van der Waals surface area (Å²) in [6.45, 7) is 1.59. The fourth-order valence-electron chi connectivity index (χ4n) is 1.89. The van der Waals surface area contributed by atoms with Crippen molar-refractivity contribution in [3.8, 4) is 0 Å². The molecule has 0 saturated carbocycles. The molecule has 2 nitrogen and oxygen atoms in total. The summed E-state index contributed by atoms with van der Waals surface area (Å²) in [6, 6.07) is 2.63. The van der Waals surface area contributed by atoms with Crippen molar-refractivity contribution in [2.24, 2.45) is 0 Å². The van der Waals surface area contributed by atoms with E-state index in [4.69, 9.17) is 4.74 Å². The van der Waals surface area contributed by atoms with E-state index in [2.05, 4.69) is 21.2 Å². The van der Waals surface area contributed by atoms with Gasteiger partial charge in [-0.25, -0.2) is 8.78 Å². The molecule has 0 bridgehead atoms. The minimum absolute atomic E-state index is 0.0670. The van der Waals surface area contributed by atoms with E-state index in [0.29, 0.717) is 6.54 Å². The third-order valence-corrected chi connectivity index (χ3v) is 3.45. The van der Waals surface area contributed by atoms with E-state index < -0.39 is 11.6 Å². The van der Waals surface area contributed by atoms with Gasteiger partial charge in [0.1, 0.15) is 11.6 Å². The Labute approximate surface area is 107 Å². The maximum atomic E-state index is 13.6. The van der Waals surface area contributed by atoms with Crippen molar-refractivity contribution >= 4 is 15.9 Å². The Morgan fingerprint density at radius 2 is 2.24 bits per heavy atom. The number of rotatable bonds is 4. The Morgan fingerprint density at radius 1 is 1.41 bits per heavy atom. The average Bonchev–Trinajstić information content (AvgIpc) is 2.81. The Balaban J connectivity index is 1.91. The number of hydrogen-bond acceptors (Lipinski definition) is 2. The van der Waals surface area contributed by atoms with Crippen LogP contribution < -0.4 is 5.32 Å². The summed E-state index contributed by atoms with van der Waals surface area (Å²) >= 11 is 3.04. The second kappa shape index (κ2) is 5.89. The van der Waals surface area contributed by atoms with Crippen LogP contribution in [0, 0.1) is 11.6 Å². The number of halogens is 3. The molecule has 1 N–H and O–H groups in total. The predicted octanol–water partition coefficient (Wildman–Crippen LogP) is 3.00. The number of nitrogens with one attached hydrogen (secondary N) is 1. The van der Waals surface area contributed by atoms with Gasteiger partial charge in [-0.1, -0.05) is 0 Å². The molecule has 0 amide bonds. The zero-order chi connectivity index (χ0) is 12.3. The van der Waals surface area contributed by atoms with Crippen LogP contribution in [0.15, 0.2) is 16.6 Å². The Kier molecular flexibility index (Phi) is 4.48. The van der Waals surface area contributed by atoms with Crippen LogP contribution in [0.5, 0.6) is 0 Å². The summed E-state index contributed by atoms with van der Waals surface area (Å²) in [5, 5.41) is 3.03. The highest BCUT2D eigenvalue weighted by atomic mass is 79.9. The maximum absolute atomic E-state index is 13.6. The number of benzene rings is 1. The van der Waals surface area contributed by atoms with Crippen molar-refractivity contribution in [2.45, 2.75) is 25.5 Å². The average molecular weight is 306 g/mol. The van der Waals surface area contributed by atoms with Crippen LogP contribution >= 0.6 is 15.9 Å². The minimum Gasteiger partial charge on any atom is -0.377 e. The molecule has 2 rings (SSSR count). The summed E-state index contributed by atoms with van der Waals surface area (Å²) in [5.74, 6) is -1.06. The van der Waals surface area contributed by atoms with Crippen LogP contribution in [0.1, 0.15) is 18.4 Å². The highest BCUT2D eigenvalue weighted by Crippen LogP contribution is 2.21. The molecule has 17 heavy (non-hydrogen) atoms. The third kappa shape index (κ3) is 3.24. The van der Waals surface area contributed by atoms with Gasteiger partial charge in [-0.3, -0.25) is 0 Å². The smallest absolute Gasteiger partial charge is 0.144 e. The van der Waals surface area contributed by atoms with Crippen molar-refractivity contribution in [3.05, 3.63) is 33.8 Å². The van der Waals surface area contributed by atoms with E-state index in [1.54, 1.807) is 0 Å². The van der Waals surface area contributed by atoms with Crippen molar-refractivity contribution in [1.82, 2.24) is 5.32 Å². The van der Waals surface area contributed by atoms with Crippen molar-refractivity contribution in [2.75, 3.05) is 13.2 Å². The summed E-state index contributed by atoms with van der Waals surface area (Å²) < 4.78 is 32.7. The van der Waals surface area contributed by atoms with Crippen LogP contribution in [0.2, 0.25) is 0 Å². The monoisotopic (exact) mass is 305 g/mol. The van der Waals surface area contributed by atoms with Crippen LogP contribution in [0.4, 0.5) is 8.78 Å². The standard InChI is InChI=1S/C12H14BrF2NO/c13-10-3-4-11(14)9(12(10)15)7-16-6-8-2-1-5-17-8/h3-4,8,16H,1-2,5-7H2. The zero-order valence-electron chi connectivity index (χ0n) is 9.31. The van der Waals surface area contributed by atoms with Gasteiger partial charge >= 0.3 is 0 Å². The summed E-state index contributed by atoms with van der Waals surface area (Å²) in [7, 11) is 0. The fourth-order valence-corrected chi connectivity index (χ4v) is 2.27. The van der Waals surface area contributed by atoms with Crippen LogP contribution in [-0.2, 0) is 11.3 Å². The third-order valence-electron chi connectivity index (χ3n) is 2.84. The molecule has 0 aliphatic carbocycles. The SMILES string of the molecule is Fc1ccc(Br)c(F)c1CNCC1CCCO1. The number of hydrogen-bond donors (Lipinski definition) is 1. The molecule has 1 saturated heterocycles. The molecule has 94 valence electrons. The quantitative estimate of drug-likeness (QED) is 0.864. The molecule has 1 fully saturated rings. The minimum atomic E-state index is -0.537. The van der Waals surface area contributed by atoms with Gasteiger partial charge in [0.2, 0.25) is 0 Å². The van der Waals surface area contributed by atoms with E-state index in [-0.39, 0.29) is 22.7 Å². The summed E-state index contributed by atoms with van der Waals surface area (Å²) in [4.78, 5) is 0. The van der Waals surface area contributed by atoms with Gasteiger partial charge in [-0.2, -0.15) is 0 Å². The molecular formula is C12H14BrF2NO. The largest absolute Gasteiger partial charge is 0.377 e. The Morgan fingerprint density at radius 3 is 2.94 bits per heavy atom. The molecule has 1 aromatic carbocycles. The molecule has 1 heterocycles. The molecule has 1 unspecified atom stereocenters. The lowest BCUT2D eigenvalue weighted by Gasteiger charge is -2.12. The first-order chi connectivity index (χ1) is 8.18.